The molecule has 0 aliphatic carbocycles. The van der Waals surface area contributed by atoms with E-state index in [-0.39, 0.29) is 16.5 Å². The molecule has 2 heterocycles. The lowest BCUT2D eigenvalue weighted by Crippen LogP contribution is -2.30. The van der Waals surface area contributed by atoms with E-state index in [4.69, 9.17) is 9.26 Å². The van der Waals surface area contributed by atoms with E-state index in [2.05, 4.69) is 14.9 Å². The molecule has 0 saturated carbocycles. The normalized spacial score (nSPS) is 14.3. The number of rotatable bonds is 3. The first kappa shape index (κ1) is 17.0. The Bertz CT molecular complexity index is 1160. The first-order valence-electron chi connectivity index (χ1n) is 7.85. The van der Waals surface area contributed by atoms with Crippen LogP contribution in [0.15, 0.2) is 68.4 Å². The molecule has 0 radical (unpaired) electrons. The highest BCUT2D eigenvalue weighted by molar-refractivity contribution is 7.90. The molecule has 8 nitrogen and oxygen atoms in total. The molecular weight excluding hydrogens is 370 g/mol. The first-order valence-corrected chi connectivity index (χ1v) is 9.29. The highest BCUT2D eigenvalue weighted by Gasteiger charge is 2.30. The second-order valence-electron chi connectivity index (χ2n) is 5.67. The average Bonchev–Trinajstić information content (AvgIpc) is 3.26. The van der Waals surface area contributed by atoms with Gasteiger partial charge in [-0.15, -0.1) is 4.40 Å². The molecule has 0 saturated heterocycles. The largest absolute Gasteiger partial charge is 0.497 e. The third-order valence-corrected chi connectivity index (χ3v) is 5.32. The molecule has 4 rings (SSSR count). The molecule has 1 amide bonds. The fourth-order valence-corrected chi connectivity index (χ4v) is 3.82. The summed E-state index contributed by atoms with van der Waals surface area (Å²) in [6.07, 6.45) is 0. The lowest BCUT2D eigenvalue weighted by Gasteiger charge is -2.02. The molecule has 0 atom stereocenters. The van der Waals surface area contributed by atoms with Crippen molar-refractivity contribution >= 4 is 21.8 Å². The molecular formula is C18H13N3O5S. The van der Waals surface area contributed by atoms with Crippen LogP contribution in [-0.2, 0) is 10.0 Å². The Hall–Kier alpha value is -3.46. The van der Waals surface area contributed by atoms with Crippen LogP contribution in [0.3, 0.4) is 0 Å². The third-order valence-electron chi connectivity index (χ3n) is 3.98. The SMILES string of the molecule is COc1ccc(-c2cc(C(=O)NC3=NS(=O)(=O)c4ccccc43)on2)cc1. The molecule has 1 aliphatic heterocycles. The third kappa shape index (κ3) is 3.08. The Balaban J connectivity index is 1.57. The number of carbonyl (C=O) groups excluding carboxylic acids is 1. The van der Waals surface area contributed by atoms with Crippen molar-refractivity contribution in [2.45, 2.75) is 4.90 Å². The van der Waals surface area contributed by atoms with Crippen molar-refractivity contribution in [2.24, 2.45) is 4.40 Å². The van der Waals surface area contributed by atoms with Crippen molar-refractivity contribution in [3.63, 3.8) is 0 Å². The number of ether oxygens (including phenoxy) is 1. The first-order chi connectivity index (χ1) is 13.0. The van der Waals surface area contributed by atoms with Gasteiger partial charge in [0, 0.05) is 17.2 Å². The molecule has 0 unspecified atom stereocenters. The number of fused-ring (bicyclic) bond motifs is 1. The quantitative estimate of drug-likeness (QED) is 0.742. The number of benzene rings is 2. The lowest BCUT2D eigenvalue weighted by atomic mass is 10.1. The number of amides is 1. The van der Waals surface area contributed by atoms with E-state index in [0.717, 1.165) is 5.56 Å². The summed E-state index contributed by atoms with van der Waals surface area (Å²) in [5.41, 5.74) is 1.54. The predicted molar refractivity (Wildman–Crippen MR) is 96.1 cm³/mol. The second-order valence-corrected chi connectivity index (χ2v) is 7.24. The molecule has 3 aromatic rings. The van der Waals surface area contributed by atoms with Crippen LogP contribution in [0.2, 0.25) is 0 Å². The number of methoxy groups -OCH3 is 1. The van der Waals surface area contributed by atoms with Crippen LogP contribution < -0.4 is 10.1 Å². The number of sulfonamides is 1. The van der Waals surface area contributed by atoms with Crippen molar-refractivity contribution in [2.75, 3.05) is 7.11 Å². The van der Waals surface area contributed by atoms with E-state index in [1.54, 1.807) is 49.6 Å². The van der Waals surface area contributed by atoms with Gasteiger partial charge in [0.15, 0.2) is 5.84 Å². The zero-order valence-corrected chi connectivity index (χ0v) is 14.9. The van der Waals surface area contributed by atoms with Gasteiger partial charge in [0.25, 0.3) is 15.9 Å². The van der Waals surface area contributed by atoms with Crippen LogP contribution >= 0.6 is 0 Å². The molecule has 1 N–H and O–H groups in total. The summed E-state index contributed by atoms with van der Waals surface area (Å²) >= 11 is 0. The minimum absolute atomic E-state index is 0.0435. The number of aromatic nitrogens is 1. The minimum Gasteiger partial charge on any atom is -0.497 e. The summed E-state index contributed by atoms with van der Waals surface area (Å²) in [6, 6.07) is 14.8. The Labute approximate surface area is 154 Å². The average molecular weight is 383 g/mol. The van der Waals surface area contributed by atoms with Crippen LogP contribution in [0.5, 0.6) is 5.75 Å². The van der Waals surface area contributed by atoms with Crippen molar-refractivity contribution < 1.29 is 22.5 Å². The Morgan fingerprint density at radius 3 is 2.59 bits per heavy atom. The van der Waals surface area contributed by atoms with Crippen molar-refractivity contribution in [3.8, 4) is 17.0 Å². The molecule has 1 aliphatic rings. The topological polar surface area (TPSA) is 111 Å². The van der Waals surface area contributed by atoms with E-state index < -0.39 is 15.9 Å². The number of carbonyl (C=O) groups is 1. The zero-order chi connectivity index (χ0) is 19.0. The van der Waals surface area contributed by atoms with Crippen LogP contribution in [0.1, 0.15) is 16.1 Å². The molecule has 27 heavy (non-hydrogen) atoms. The van der Waals surface area contributed by atoms with Gasteiger partial charge in [-0.05, 0) is 36.4 Å². The number of hydrogen-bond donors (Lipinski definition) is 1. The monoisotopic (exact) mass is 383 g/mol. The summed E-state index contributed by atoms with van der Waals surface area (Å²) in [7, 11) is -2.24. The maximum atomic E-state index is 12.4. The van der Waals surface area contributed by atoms with Gasteiger partial charge < -0.3 is 14.6 Å². The van der Waals surface area contributed by atoms with Crippen molar-refractivity contribution in [3.05, 3.63) is 65.9 Å². The van der Waals surface area contributed by atoms with Gasteiger partial charge in [-0.1, -0.05) is 17.3 Å². The van der Waals surface area contributed by atoms with Crippen LogP contribution in [-0.4, -0.2) is 32.4 Å². The van der Waals surface area contributed by atoms with E-state index in [0.29, 0.717) is 17.0 Å². The molecule has 136 valence electrons. The van der Waals surface area contributed by atoms with E-state index in [9.17, 15) is 13.2 Å². The fraction of sp³-hybridized carbons (Fsp3) is 0.0556. The Kier molecular flexibility index (Phi) is 4.00. The molecule has 2 aromatic carbocycles. The Morgan fingerprint density at radius 1 is 1.11 bits per heavy atom. The number of nitrogens with zero attached hydrogens (tertiary/aromatic N) is 2. The van der Waals surface area contributed by atoms with Crippen LogP contribution in [0.25, 0.3) is 11.3 Å². The van der Waals surface area contributed by atoms with Gasteiger partial charge in [-0.25, -0.2) is 0 Å². The summed E-state index contributed by atoms with van der Waals surface area (Å²) in [6.45, 7) is 0. The van der Waals surface area contributed by atoms with Gasteiger partial charge >= 0.3 is 0 Å². The minimum atomic E-state index is -3.81. The Morgan fingerprint density at radius 2 is 1.85 bits per heavy atom. The number of nitrogens with one attached hydrogen (secondary N) is 1. The second kappa shape index (κ2) is 6.36. The van der Waals surface area contributed by atoms with Crippen molar-refractivity contribution in [1.29, 1.82) is 0 Å². The van der Waals surface area contributed by atoms with Crippen LogP contribution in [0, 0.1) is 0 Å². The van der Waals surface area contributed by atoms with E-state index in [1.807, 2.05) is 0 Å². The maximum Gasteiger partial charge on any atom is 0.295 e. The summed E-state index contributed by atoms with van der Waals surface area (Å²) in [5, 5.41) is 6.34. The maximum absolute atomic E-state index is 12.4. The van der Waals surface area contributed by atoms with E-state index in [1.165, 1.54) is 12.1 Å². The highest BCUT2D eigenvalue weighted by atomic mass is 32.2. The van der Waals surface area contributed by atoms with Crippen LogP contribution in [0.4, 0.5) is 0 Å². The number of hydrogen-bond acceptors (Lipinski definition) is 6. The zero-order valence-electron chi connectivity index (χ0n) is 14.0. The van der Waals surface area contributed by atoms with Gasteiger partial charge in [0.2, 0.25) is 5.76 Å². The van der Waals surface area contributed by atoms with Gasteiger partial charge in [-0.2, -0.15) is 8.42 Å². The summed E-state index contributed by atoms with van der Waals surface area (Å²) in [5.74, 6) is -0.0597. The fourth-order valence-electron chi connectivity index (χ4n) is 2.65. The lowest BCUT2D eigenvalue weighted by molar-refractivity contribution is 0.0941. The predicted octanol–water partition coefficient (Wildman–Crippen LogP) is 2.23. The van der Waals surface area contributed by atoms with E-state index >= 15 is 0 Å². The molecule has 9 heteroatoms. The molecule has 1 aromatic heterocycles. The molecule has 0 fully saturated rings. The summed E-state index contributed by atoms with van der Waals surface area (Å²) < 4.78 is 37.9. The summed E-state index contributed by atoms with van der Waals surface area (Å²) in [4.78, 5) is 12.5. The van der Waals surface area contributed by atoms with Gasteiger partial charge in [0.1, 0.15) is 16.3 Å². The highest BCUT2D eigenvalue weighted by Crippen LogP contribution is 2.25. The molecule has 0 spiro atoms. The molecule has 0 bridgehead atoms. The van der Waals surface area contributed by atoms with Gasteiger partial charge in [-0.3, -0.25) is 4.79 Å². The van der Waals surface area contributed by atoms with Crippen molar-refractivity contribution in [1.82, 2.24) is 10.5 Å². The van der Waals surface area contributed by atoms with Gasteiger partial charge in [0.05, 0.1) is 7.11 Å². The number of amidine groups is 1. The smallest absolute Gasteiger partial charge is 0.295 e. The standard InChI is InChI=1S/C18H13N3O5S/c1-25-12-8-6-11(7-9-12)14-10-15(26-20-14)18(22)19-17-13-4-2-3-5-16(13)27(23,24)21-17/h2-10H,1H3,(H,19,21,22).